The van der Waals surface area contributed by atoms with Crippen LogP contribution in [0.25, 0.3) is 0 Å². The van der Waals surface area contributed by atoms with Crippen LogP contribution in [0, 0.1) is 0 Å². The van der Waals surface area contributed by atoms with Crippen LogP contribution in [0.2, 0.25) is 0 Å². The summed E-state index contributed by atoms with van der Waals surface area (Å²) in [6.45, 7) is 4.44. The van der Waals surface area contributed by atoms with Gasteiger partial charge in [0.05, 0.1) is 6.04 Å². The highest BCUT2D eigenvalue weighted by Gasteiger charge is 2.22. The van der Waals surface area contributed by atoms with Crippen molar-refractivity contribution in [2.75, 3.05) is 18.0 Å². The number of anilines is 1. The van der Waals surface area contributed by atoms with Gasteiger partial charge in [0, 0.05) is 48.8 Å². The highest BCUT2D eigenvalue weighted by Crippen LogP contribution is 2.23. The normalized spacial score (nSPS) is 17.9. The molecule has 0 amide bonds. The van der Waals surface area contributed by atoms with Crippen LogP contribution in [0.5, 0.6) is 0 Å². The van der Waals surface area contributed by atoms with Crippen LogP contribution in [0.1, 0.15) is 37.2 Å². The minimum atomic E-state index is 0.405. The van der Waals surface area contributed by atoms with Crippen LogP contribution in [-0.4, -0.2) is 29.1 Å². The van der Waals surface area contributed by atoms with Gasteiger partial charge in [-0.3, -0.25) is 4.98 Å². The number of rotatable bonds is 5. The zero-order chi connectivity index (χ0) is 14.5. The van der Waals surface area contributed by atoms with Gasteiger partial charge >= 0.3 is 0 Å². The van der Waals surface area contributed by atoms with Crippen LogP contribution in [0.4, 0.5) is 5.69 Å². The molecule has 1 unspecified atom stereocenters. The van der Waals surface area contributed by atoms with Crippen LogP contribution in [0.15, 0.2) is 36.1 Å². The molecule has 3 rings (SSSR count). The van der Waals surface area contributed by atoms with Crippen molar-refractivity contribution in [1.82, 2.24) is 15.3 Å². The van der Waals surface area contributed by atoms with Crippen molar-refractivity contribution in [3.63, 3.8) is 0 Å². The molecule has 0 radical (unpaired) electrons. The Morgan fingerprint density at radius 2 is 2.05 bits per heavy atom. The Bertz CT molecular complexity index is 520. The molecule has 2 aromatic heterocycles. The van der Waals surface area contributed by atoms with Gasteiger partial charge in [-0.15, -0.1) is 11.3 Å². The third-order valence-electron chi connectivity index (χ3n) is 4.12. The van der Waals surface area contributed by atoms with E-state index >= 15 is 0 Å². The molecule has 0 aliphatic carbocycles. The van der Waals surface area contributed by atoms with Crippen LogP contribution < -0.4 is 10.2 Å². The summed E-state index contributed by atoms with van der Waals surface area (Å²) in [7, 11) is 0. The molecule has 4 nitrogen and oxygen atoms in total. The Balaban J connectivity index is 1.54. The molecule has 2 aromatic rings. The van der Waals surface area contributed by atoms with E-state index in [0.717, 1.165) is 19.5 Å². The molecule has 1 aliphatic heterocycles. The lowest BCUT2D eigenvalue weighted by molar-refractivity contribution is 0.363. The maximum atomic E-state index is 4.45. The molecule has 1 atom stereocenters. The summed E-state index contributed by atoms with van der Waals surface area (Å²) in [5.41, 5.74) is 1.29. The predicted molar refractivity (Wildman–Crippen MR) is 87.8 cm³/mol. The molecular formula is C16H22N4S. The van der Waals surface area contributed by atoms with Crippen LogP contribution >= 0.6 is 11.3 Å². The van der Waals surface area contributed by atoms with E-state index in [1.165, 1.54) is 23.5 Å². The van der Waals surface area contributed by atoms with Crippen molar-refractivity contribution in [2.24, 2.45) is 0 Å². The van der Waals surface area contributed by atoms with E-state index in [4.69, 9.17) is 0 Å². The quantitative estimate of drug-likeness (QED) is 0.920. The molecule has 1 fully saturated rings. The van der Waals surface area contributed by atoms with Gasteiger partial charge < -0.3 is 10.2 Å². The number of hydrogen-bond acceptors (Lipinski definition) is 5. The Hall–Kier alpha value is -1.46. The summed E-state index contributed by atoms with van der Waals surface area (Å²) in [4.78, 5) is 11.0. The summed E-state index contributed by atoms with van der Waals surface area (Å²) in [5, 5.41) is 7.07. The Morgan fingerprint density at radius 3 is 2.67 bits per heavy atom. The van der Waals surface area contributed by atoms with Gasteiger partial charge in [0.2, 0.25) is 0 Å². The first-order valence-corrected chi connectivity index (χ1v) is 8.55. The zero-order valence-electron chi connectivity index (χ0n) is 12.4. The summed E-state index contributed by atoms with van der Waals surface area (Å²) >= 11 is 1.75. The molecule has 0 aromatic carbocycles. The molecule has 21 heavy (non-hydrogen) atoms. The van der Waals surface area contributed by atoms with Gasteiger partial charge in [0.1, 0.15) is 5.01 Å². The maximum absolute atomic E-state index is 4.45. The van der Waals surface area contributed by atoms with Crippen molar-refractivity contribution >= 4 is 17.0 Å². The molecular weight excluding hydrogens is 280 g/mol. The number of nitrogens with one attached hydrogen (secondary N) is 1. The van der Waals surface area contributed by atoms with Crippen molar-refractivity contribution < 1.29 is 0 Å². The lowest BCUT2D eigenvalue weighted by Crippen LogP contribution is -2.43. The highest BCUT2D eigenvalue weighted by atomic mass is 32.1. The van der Waals surface area contributed by atoms with E-state index in [1.54, 1.807) is 11.3 Å². The highest BCUT2D eigenvalue weighted by molar-refractivity contribution is 7.09. The van der Waals surface area contributed by atoms with Crippen LogP contribution in [0.3, 0.4) is 0 Å². The largest absolute Gasteiger partial charge is 0.371 e. The average Bonchev–Trinajstić information content (AvgIpc) is 3.08. The third kappa shape index (κ3) is 3.60. The lowest BCUT2D eigenvalue weighted by Gasteiger charge is -2.35. The number of nitrogens with zero attached hydrogens (tertiary/aromatic N) is 3. The smallest absolute Gasteiger partial charge is 0.109 e. The van der Waals surface area contributed by atoms with Gasteiger partial charge in [-0.25, -0.2) is 4.98 Å². The fourth-order valence-corrected chi connectivity index (χ4v) is 3.70. The Labute approximate surface area is 130 Å². The number of hydrogen-bond donors (Lipinski definition) is 1. The van der Waals surface area contributed by atoms with Gasteiger partial charge in [-0.05, 0) is 31.4 Å². The molecule has 0 bridgehead atoms. The number of thiazole rings is 1. The molecule has 1 N–H and O–H groups in total. The molecule has 112 valence electrons. The number of pyridine rings is 1. The maximum Gasteiger partial charge on any atom is 0.109 e. The first-order valence-electron chi connectivity index (χ1n) is 7.67. The van der Waals surface area contributed by atoms with Crippen molar-refractivity contribution in [3.8, 4) is 0 Å². The van der Waals surface area contributed by atoms with Crippen LogP contribution in [-0.2, 0) is 0 Å². The minimum absolute atomic E-state index is 0.405. The van der Waals surface area contributed by atoms with Crippen molar-refractivity contribution in [2.45, 2.75) is 38.3 Å². The molecule has 0 spiro atoms. The Morgan fingerprint density at radius 1 is 1.29 bits per heavy atom. The number of piperidine rings is 1. The summed E-state index contributed by atoms with van der Waals surface area (Å²) < 4.78 is 0. The molecule has 1 aliphatic rings. The van der Waals surface area contributed by atoms with Gasteiger partial charge in [-0.2, -0.15) is 0 Å². The monoisotopic (exact) mass is 302 g/mol. The third-order valence-corrected chi connectivity index (χ3v) is 5.01. The van der Waals surface area contributed by atoms with Gasteiger partial charge in [0.15, 0.2) is 0 Å². The van der Waals surface area contributed by atoms with Crippen molar-refractivity contribution in [3.05, 3.63) is 41.1 Å². The van der Waals surface area contributed by atoms with E-state index in [-0.39, 0.29) is 0 Å². The standard InChI is InChI=1S/C16H22N4S/c1-2-15(16-18-9-12-21-16)19-13-5-10-20(11-6-13)14-3-7-17-8-4-14/h3-4,7-9,12-13,15,19H,2,5-6,10-11H2,1H3. The molecule has 5 heteroatoms. The van der Waals surface area contributed by atoms with E-state index in [0.29, 0.717) is 12.1 Å². The predicted octanol–water partition coefficient (Wildman–Crippen LogP) is 3.25. The number of aromatic nitrogens is 2. The first-order chi connectivity index (χ1) is 10.4. The molecule has 0 saturated carbocycles. The summed E-state index contributed by atoms with van der Waals surface area (Å²) in [5.74, 6) is 0. The zero-order valence-corrected chi connectivity index (χ0v) is 13.2. The van der Waals surface area contributed by atoms with E-state index in [9.17, 15) is 0 Å². The second kappa shape index (κ2) is 7.00. The van der Waals surface area contributed by atoms with E-state index in [1.807, 2.05) is 18.6 Å². The molecule has 3 heterocycles. The minimum Gasteiger partial charge on any atom is -0.371 e. The topological polar surface area (TPSA) is 41.0 Å². The average molecular weight is 302 g/mol. The fraction of sp³-hybridized carbons (Fsp3) is 0.500. The van der Waals surface area contributed by atoms with Gasteiger partial charge in [0.25, 0.3) is 0 Å². The molecule has 1 saturated heterocycles. The Kier molecular flexibility index (Phi) is 4.83. The van der Waals surface area contributed by atoms with Crippen molar-refractivity contribution in [1.29, 1.82) is 0 Å². The van der Waals surface area contributed by atoms with E-state index < -0.39 is 0 Å². The first kappa shape index (κ1) is 14.5. The fourth-order valence-electron chi connectivity index (χ4n) is 2.91. The summed E-state index contributed by atoms with van der Waals surface area (Å²) in [6.07, 6.45) is 9.10. The summed E-state index contributed by atoms with van der Waals surface area (Å²) in [6, 6.07) is 5.19. The lowest BCUT2D eigenvalue weighted by atomic mass is 10.0. The van der Waals surface area contributed by atoms with E-state index in [2.05, 4.69) is 44.6 Å². The second-order valence-corrected chi connectivity index (χ2v) is 6.39. The van der Waals surface area contributed by atoms with Gasteiger partial charge in [-0.1, -0.05) is 6.92 Å². The second-order valence-electron chi connectivity index (χ2n) is 5.46. The SMILES string of the molecule is CCC(NC1CCN(c2ccncc2)CC1)c1nccs1.